The van der Waals surface area contributed by atoms with Gasteiger partial charge in [-0.1, -0.05) is 25.0 Å². The first kappa shape index (κ1) is 22.9. The van der Waals surface area contributed by atoms with Gasteiger partial charge in [-0.25, -0.2) is 4.99 Å². The van der Waals surface area contributed by atoms with E-state index in [2.05, 4.69) is 10.3 Å². The van der Waals surface area contributed by atoms with Gasteiger partial charge in [0.15, 0.2) is 0 Å². The van der Waals surface area contributed by atoms with Crippen LogP contribution in [0, 0.1) is 24.0 Å². The fourth-order valence-corrected chi connectivity index (χ4v) is 5.33. The fourth-order valence-electron chi connectivity index (χ4n) is 4.10. The van der Waals surface area contributed by atoms with Crippen LogP contribution in [0.15, 0.2) is 47.5 Å². The molecule has 1 aliphatic carbocycles. The number of hydrogen-bond acceptors (Lipinski definition) is 5. The van der Waals surface area contributed by atoms with Gasteiger partial charge in [-0.05, 0) is 80.0 Å². The molecule has 1 N–H and O–H groups in total. The van der Waals surface area contributed by atoms with Gasteiger partial charge in [-0.2, -0.15) is 0 Å². The number of amides is 1. The smallest absolute Gasteiger partial charge is 0.269 e. The summed E-state index contributed by atoms with van der Waals surface area (Å²) >= 11 is 1.59. The molecule has 1 heterocycles. The monoisotopic (exact) mass is 461 g/mol. The molecular formula is C26H27N3O3S. The minimum absolute atomic E-state index is 0.0415. The second-order valence-electron chi connectivity index (χ2n) is 8.48. The molecule has 0 radical (unpaired) electrons. The van der Waals surface area contributed by atoms with E-state index in [0.29, 0.717) is 10.6 Å². The van der Waals surface area contributed by atoms with E-state index in [0.717, 1.165) is 53.6 Å². The first-order chi connectivity index (χ1) is 15.9. The lowest BCUT2D eigenvalue weighted by Crippen LogP contribution is -2.15. The number of nitrogens with zero attached hydrogens (tertiary/aromatic N) is 2. The fraction of sp³-hybridized carbons (Fsp3) is 0.308. The predicted molar refractivity (Wildman–Crippen MR) is 134 cm³/mol. The van der Waals surface area contributed by atoms with Gasteiger partial charge in [0, 0.05) is 28.9 Å². The van der Waals surface area contributed by atoms with Crippen molar-refractivity contribution >= 4 is 39.8 Å². The summed E-state index contributed by atoms with van der Waals surface area (Å²) in [6.45, 7) is 4.00. The Morgan fingerprint density at radius 2 is 1.79 bits per heavy atom. The summed E-state index contributed by atoms with van der Waals surface area (Å²) in [5.41, 5.74) is 5.50. The van der Waals surface area contributed by atoms with E-state index >= 15 is 0 Å². The molecule has 0 saturated carbocycles. The molecule has 7 heteroatoms. The highest BCUT2D eigenvalue weighted by atomic mass is 32.1. The number of benzene rings is 2. The number of thiophene rings is 1. The lowest BCUT2D eigenvalue weighted by atomic mass is 9.96. The summed E-state index contributed by atoms with van der Waals surface area (Å²) in [6.07, 6.45) is 8.11. The van der Waals surface area contributed by atoms with Crippen LogP contribution in [0.2, 0.25) is 0 Å². The van der Waals surface area contributed by atoms with Crippen LogP contribution in [0.5, 0.6) is 0 Å². The van der Waals surface area contributed by atoms with E-state index in [1.54, 1.807) is 29.7 Å². The molecule has 0 unspecified atom stereocenters. The molecule has 33 heavy (non-hydrogen) atoms. The van der Waals surface area contributed by atoms with Crippen LogP contribution in [-0.4, -0.2) is 17.0 Å². The van der Waals surface area contributed by atoms with Gasteiger partial charge in [0.1, 0.15) is 5.00 Å². The molecule has 0 bridgehead atoms. The molecule has 0 saturated heterocycles. The van der Waals surface area contributed by atoms with Crippen molar-refractivity contribution in [3.63, 3.8) is 0 Å². The van der Waals surface area contributed by atoms with Crippen molar-refractivity contribution in [2.45, 2.75) is 52.4 Å². The van der Waals surface area contributed by atoms with Crippen LogP contribution >= 0.6 is 11.3 Å². The van der Waals surface area contributed by atoms with Gasteiger partial charge in [0.05, 0.1) is 10.5 Å². The summed E-state index contributed by atoms with van der Waals surface area (Å²) in [5.74, 6) is -0.127. The van der Waals surface area contributed by atoms with Crippen molar-refractivity contribution < 1.29 is 9.72 Å². The summed E-state index contributed by atoms with van der Waals surface area (Å²) in [6, 6.07) is 12.3. The Morgan fingerprint density at radius 1 is 1.06 bits per heavy atom. The van der Waals surface area contributed by atoms with E-state index in [-0.39, 0.29) is 11.6 Å². The van der Waals surface area contributed by atoms with E-state index in [4.69, 9.17) is 0 Å². The zero-order valence-electron chi connectivity index (χ0n) is 18.9. The Hall–Kier alpha value is -3.32. The SMILES string of the molecule is Cc1ccc(C)c(NC(=O)c2c(N=Cc3ccc([N+](=O)[O-])cc3)sc3c2CCCCCC3)c1. The normalized spacial score (nSPS) is 13.9. The van der Waals surface area contributed by atoms with Gasteiger partial charge in [-0.15, -0.1) is 11.3 Å². The number of anilines is 1. The molecule has 0 atom stereocenters. The van der Waals surface area contributed by atoms with Gasteiger partial charge in [0.2, 0.25) is 0 Å². The maximum Gasteiger partial charge on any atom is 0.269 e. The number of carbonyl (C=O) groups excluding carboxylic acids is 1. The quantitative estimate of drug-likeness (QED) is 0.254. The molecule has 4 rings (SSSR count). The van der Waals surface area contributed by atoms with Gasteiger partial charge in [0.25, 0.3) is 11.6 Å². The minimum atomic E-state index is -0.421. The highest BCUT2D eigenvalue weighted by Gasteiger charge is 2.24. The van der Waals surface area contributed by atoms with Crippen molar-refractivity contribution in [2.75, 3.05) is 5.32 Å². The Balaban J connectivity index is 1.70. The second-order valence-corrected chi connectivity index (χ2v) is 9.56. The van der Waals surface area contributed by atoms with Crippen LogP contribution in [0.1, 0.15) is 63.2 Å². The van der Waals surface area contributed by atoms with Crippen molar-refractivity contribution in [2.24, 2.45) is 4.99 Å². The van der Waals surface area contributed by atoms with Gasteiger partial charge < -0.3 is 5.32 Å². The van der Waals surface area contributed by atoms with Crippen molar-refractivity contribution in [1.29, 1.82) is 0 Å². The standard InChI is InChI=1S/C26H27N3O3S/c1-17-9-10-18(2)22(15-17)28-25(30)24-21-7-5-3-4-6-8-23(21)33-26(24)27-16-19-11-13-20(14-12-19)29(31)32/h9-16H,3-8H2,1-2H3,(H,28,30). The number of aryl methyl sites for hydroxylation is 3. The van der Waals surface area contributed by atoms with Crippen LogP contribution in [-0.2, 0) is 12.8 Å². The van der Waals surface area contributed by atoms with Crippen molar-refractivity contribution in [3.8, 4) is 0 Å². The zero-order chi connectivity index (χ0) is 23.4. The average Bonchev–Trinajstić information content (AvgIpc) is 3.11. The number of aliphatic imine (C=N–C) groups is 1. The zero-order valence-corrected chi connectivity index (χ0v) is 19.7. The number of fused-ring (bicyclic) bond motifs is 1. The predicted octanol–water partition coefficient (Wildman–Crippen LogP) is 6.94. The second kappa shape index (κ2) is 10.1. The maximum atomic E-state index is 13.5. The third-order valence-electron chi connectivity index (χ3n) is 5.96. The molecule has 1 aliphatic rings. The van der Waals surface area contributed by atoms with E-state index in [9.17, 15) is 14.9 Å². The summed E-state index contributed by atoms with van der Waals surface area (Å²) in [7, 11) is 0. The van der Waals surface area contributed by atoms with Crippen LogP contribution in [0.4, 0.5) is 16.4 Å². The summed E-state index contributed by atoms with van der Waals surface area (Å²) in [4.78, 5) is 29.9. The third-order valence-corrected chi connectivity index (χ3v) is 7.16. The first-order valence-electron chi connectivity index (χ1n) is 11.2. The van der Waals surface area contributed by atoms with Gasteiger partial charge in [-0.3, -0.25) is 14.9 Å². The number of non-ortho nitro benzene ring substituents is 1. The van der Waals surface area contributed by atoms with Crippen LogP contribution in [0.3, 0.4) is 0 Å². The summed E-state index contributed by atoms with van der Waals surface area (Å²) in [5, 5.41) is 14.7. The molecule has 0 fully saturated rings. The molecule has 1 aromatic heterocycles. The maximum absolute atomic E-state index is 13.5. The third kappa shape index (κ3) is 5.37. The number of carbonyl (C=O) groups is 1. The molecule has 3 aromatic rings. The Kier molecular flexibility index (Phi) is 6.99. The molecule has 6 nitrogen and oxygen atoms in total. The lowest BCUT2D eigenvalue weighted by Gasteiger charge is -2.13. The highest BCUT2D eigenvalue weighted by molar-refractivity contribution is 7.16. The molecule has 1 amide bonds. The number of nitro groups is 1. The number of rotatable bonds is 5. The van der Waals surface area contributed by atoms with Gasteiger partial charge >= 0.3 is 0 Å². The number of nitro benzene ring substituents is 1. The Labute approximate surface area is 197 Å². The average molecular weight is 462 g/mol. The molecule has 2 aromatic carbocycles. The molecule has 0 aliphatic heterocycles. The largest absolute Gasteiger partial charge is 0.322 e. The lowest BCUT2D eigenvalue weighted by molar-refractivity contribution is -0.384. The van der Waals surface area contributed by atoms with Crippen molar-refractivity contribution in [3.05, 3.63) is 85.3 Å². The Morgan fingerprint density at radius 3 is 2.52 bits per heavy atom. The van der Waals surface area contributed by atoms with Crippen LogP contribution < -0.4 is 5.32 Å². The highest BCUT2D eigenvalue weighted by Crippen LogP contribution is 2.39. The van der Waals surface area contributed by atoms with Crippen LogP contribution in [0.25, 0.3) is 0 Å². The molecule has 0 spiro atoms. The number of hydrogen-bond donors (Lipinski definition) is 1. The minimum Gasteiger partial charge on any atom is -0.322 e. The van der Waals surface area contributed by atoms with Crippen molar-refractivity contribution in [1.82, 2.24) is 0 Å². The number of nitrogens with one attached hydrogen (secondary N) is 1. The first-order valence-corrected chi connectivity index (χ1v) is 12.1. The summed E-state index contributed by atoms with van der Waals surface area (Å²) < 4.78 is 0. The Bertz CT molecular complexity index is 1210. The molecular weight excluding hydrogens is 434 g/mol. The van der Waals surface area contributed by atoms with E-state index < -0.39 is 4.92 Å². The van der Waals surface area contributed by atoms with E-state index in [1.807, 2.05) is 32.0 Å². The topological polar surface area (TPSA) is 84.6 Å². The molecule has 170 valence electrons. The van der Waals surface area contributed by atoms with E-state index in [1.165, 1.54) is 29.9 Å².